The molecule has 0 aliphatic carbocycles. The van der Waals surface area contributed by atoms with E-state index in [2.05, 4.69) is 10.2 Å². The Labute approximate surface area is 104 Å². The molecule has 0 spiro atoms. The van der Waals surface area contributed by atoms with E-state index in [0.717, 1.165) is 0 Å². The van der Waals surface area contributed by atoms with Crippen molar-refractivity contribution in [1.29, 1.82) is 0 Å². The van der Waals surface area contributed by atoms with Crippen molar-refractivity contribution < 1.29 is 9.21 Å². The second-order valence-corrected chi connectivity index (χ2v) is 5.29. The van der Waals surface area contributed by atoms with Crippen LogP contribution in [0.5, 0.6) is 0 Å². The summed E-state index contributed by atoms with van der Waals surface area (Å²) in [6.07, 6.45) is 0.691. The van der Waals surface area contributed by atoms with Crippen molar-refractivity contribution in [3.8, 4) is 0 Å². The van der Waals surface area contributed by atoms with Crippen LogP contribution < -0.4 is 10.6 Å². The number of carbonyl (C=O) groups excluding carboxylic acids is 1. The van der Waals surface area contributed by atoms with Gasteiger partial charge in [0.25, 0.3) is 0 Å². The Bertz CT molecular complexity index is 434. The number of anilines is 1. The predicted octanol–water partition coefficient (Wildman–Crippen LogP) is 1.07. The quantitative estimate of drug-likeness (QED) is 0.820. The second kappa shape index (κ2) is 4.18. The summed E-state index contributed by atoms with van der Waals surface area (Å²) in [5.74, 6) is 0.0831. The molecule has 2 N–H and O–H groups in total. The highest BCUT2D eigenvalue weighted by Gasteiger charge is 2.40. The topological polar surface area (TPSA) is 85.3 Å². The molecule has 6 nitrogen and oxygen atoms in total. The lowest BCUT2D eigenvalue weighted by molar-refractivity contribution is -0.125. The fourth-order valence-corrected chi connectivity index (χ4v) is 1.93. The number of primary amides is 1. The molecule has 94 valence electrons. The van der Waals surface area contributed by atoms with Crippen molar-refractivity contribution in [1.82, 2.24) is 10.2 Å². The van der Waals surface area contributed by atoms with Crippen molar-refractivity contribution in [2.24, 2.45) is 11.1 Å². The summed E-state index contributed by atoms with van der Waals surface area (Å²) in [5, 5.41) is 7.45. The van der Waals surface area contributed by atoms with Crippen molar-refractivity contribution in [3.05, 3.63) is 5.89 Å². The lowest BCUT2D eigenvalue weighted by Crippen LogP contribution is -2.37. The van der Waals surface area contributed by atoms with E-state index in [1.165, 1.54) is 0 Å². The van der Waals surface area contributed by atoms with E-state index in [1.54, 1.807) is 6.92 Å². The highest BCUT2D eigenvalue weighted by Crippen LogP contribution is 2.33. The molecule has 2 rings (SSSR count). The van der Waals surface area contributed by atoms with Gasteiger partial charge in [-0.3, -0.25) is 4.79 Å². The minimum Gasteiger partial charge on any atom is -0.406 e. The smallest absolute Gasteiger partial charge is 0.318 e. The molecule has 0 bridgehead atoms. The van der Waals surface area contributed by atoms with Gasteiger partial charge in [0.15, 0.2) is 0 Å². The van der Waals surface area contributed by atoms with Crippen molar-refractivity contribution in [2.75, 3.05) is 18.0 Å². The van der Waals surface area contributed by atoms with Crippen LogP contribution in [0.2, 0.25) is 0 Å². The molecular formula is C10H15ClN4O2. The fraction of sp³-hybridized carbons (Fsp3) is 0.700. The number of rotatable bonds is 3. The van der Waals surface area contributed by atoms with Gasteiger partial charge >= 0.3 is 6.01 Å². The Balaban J connectivity index is 2.12. The molecule has 1 aliphatic heterocycles. The Morgan fingerprint density at radius 2 is 2.35 bits per heavy atom. The molecule has 1 aliphatic rings. The van der Waals surface area contributed by atoms with Crippen molar-refractivity contribution in [2.45, 2.75) is 25.6 Å². The third-order valence-corrected chi connectivity index (χ3v) is 3.30. The van der Waals surface area contributed by atoms with Crippen LogP contribution in [0.4, 0.5) is 6.01 Å². The van der Waals surface area contributed by atoms with E-state index in [1.807, 2.05) is 11.8 Å². The van der Waals surface area contributed by atoms with Gasteiger partial charge in [0.2, 0.25) is 11.8 Å². The average Bonchev–Trinajstić information content (AvgIpc) is 2.84. The minimum atomic E-state index is -0.527. The molecule has 0 saturated carbocycles. The summed E-state index contributed by atoms with van der Waals surface area (Å²) in [4.78, 5) is 13.2. The predicted molar refractivity (Wildman–Crippen MR) is 62.7 cm³/mol. The molecule has 2 unspecified atom stereocenters. The molecule has 1 amide bonds. The SMILES string of the molecule is CC(Cl)c1nnc(N2CCC(C)(C(N)=O)C2)o1. The van der Waals surface area contributed by atoms with E-state index in [-0.39, 0.29) is 11.3 Å². The van der Waals surface area contributed by atoms with Gasteiger partial charge in [-0.05, 0) is 20.3 Å². The fourth-order valence-electron chi connectivity index (χ4n) is 1.84. The third-order valence-electron chi connectivity index (χ3n) is 3.11. The summed E-state index contributed by atoms with van der Waals surface area (Å²) in [6.45, 7) is 4.78. The molecule has 1 fully saturated rings. The van der Waals surface area contributed by atoms with Gasteiger partial charge in [-0.1, -0.05) is 5.10 Å². The molecule has 17 heavy (non-hydrogen) atoms. The van der Waals surface area contributed by atoms with Gasteiger partial charge in [0, 0.05) is 13.1 Å². The first-order valence-corrected chi connectivity index (χ1v) is 5.88. The standard InChI is InChI=1S/C10H15ClN4O2/c1-6(11)7-13-14-9(17-7)15-4-3-10(2,5-15)8(12)16/h6H,3-5H2,1-2H3,(H2,12,16). The molecule has 7 heteroatoms. The maximum atomic E-state index is 11.3. The van der Waals surface area contributed by atoms with E-state index in [4.69, 9.17) is 21.8 Å². The summed E-state index contributed by atoms with van der Waals surface area (Å²) < 4.78 is 5.42. The average molecular weight is 259 g/mol. The Hall–Kier alpha value is -1.30. The highest BCUT2D eigenvalue weighted by molar-refractivity contribution is 6.20. The van der Waals surface area contributed by atoms with Gasteiger partial charge in [-0.25, -0.2) is 0 Å². The summed E-state index contributed by atoms with van der Waals surface area (Å²) >= 11 is 5.84. The molecule has 2 atom stereocenters. The number of hydrogen-bond acceptors (Lipinski definition) is 5. The number of nitrogens with zero attached hydrogens (tertiary/aromatic N) is 3. The molecule has 2 heterocycles. The number of carbonyl (C=O) groups is 1. The summed E-state index contributed by atoms with van der Waals surface area (Å²) in [6, 6.07) is 0.400. The third kappa shape index (κ3) is 2.22. The number of aromatic nitrogens is 2. The number of amides is 1. The molecule has 1 aromatic heterocycles. The van der Waals surface area contributed by atoms with Gasteiger partial charge in [-0.15, -0.1) is 16.7 Å². The van der Waals surface area contributed by atoms with Gasteiger partial charge < -0.3 is 15.1 Å². The first-order chi connectivity index (χ1) is 7.92. The number of halogens is 1. The molecular weight excluding hydrogens is 244 g/mol. The van der Waals surface area contributed by atoms with Crippen LogP contribution >= 0.6 is 11.6 Å². The lowest BCUT2D eigenvalue weighted by Gasteiger charge is -2.19. The number of hydrogen-bond donors (Lipinski definition) is 1. The van der Waals surface area contributed by atoms with Crippen LogP contribution in [0, 0.1) is 5.41 Å². The van der Waals surface area contributed by atoms with Gasteiger partial charge in [-0.2, -0.15) is 0 Å². The van der Waals surface area contributed by atoms with E-state index in [9.17, 15) is 4.79 Å². The van der Waals surface area contributed by atoms with Crippen LogP contribution in [0.1, 0.15) is 31.5 Å². The molecule has 1 saturated heterocycles. The van der Waals surface area contributed by atoms with Crippen LogP contribution in [0.3, 0.4) is 0 Å². The van der Waals surface area contributed by atoms with E-state index < -0.39 is 5.41 Å². The Morgan fingerprint density at radius 1 is 1.65 bits per heavy atom. The zero-order chi connectivity index (χ0) is 12.6. The molecule has 0 radical (unpaired) electrons. The van der Waals surface area contributed by atoms with Crippen molar-refractivity contribution in [3.63, 3.8) is 0 Å². The van der Waals surface area contributed by atoms with Crippen molar-refractivity contribution >= 4 is 23.5 Å². The van der Waals surface area contributed by atoms with E-state index >= 15 is 0 Å². The summed E-state index contributed by atoms with van der Waals surface area (Å²) in [5.41, 5.74) is 4.85. The normalized spacial score (nSPS) is 26.2. The van der Waals surface area contributed by atoms with Gasteiger partial charge in [0.05, 0.1) is 5.41 Å². The zero-order valence-electron chi connectivity index (χ0n) is 9.81. The molecule has 1 aromatic rings. The Morgan fingerprint density at radius 3 is 2.82 bits per heavy atom. The number of nitrogens with two attached hydrogens (primary N) is 1. The second-order valence-electron chi connectivity index (χ2n) is 4.64. The van der Waals surface area contributed by atoms with Gasteiger partial charge in [0.1, 0.15) is 5.38 Å². The lowest BCUT2D eigenvalue weighted by atomic mass is 9.89. The summed E-state index contributed by atoms with van der Waals surface area (Å²) in [7, 11) is 0. The van der Waals surface area contributed by atoms with Crippen LogP contribution in [-0.2, 0) is 4.79 Å². The Kier molecular flexibility index (Phi) is 2.99. The largest absolute Gasteiger partial charge is 0.406 e. The van der Waals surface area contributed by atoms with Crippen LogP contribution in [0.15, 0.2) is 4.42 Å². The van der Waals surface area contributed by atoms with E-state index in [0.29, 0.717) is 31.4 Å². The van der Waals surface area contributed by atoms with Crippen LogP contribution in [-0.4, -0.2) is 29.2 Å². The number of alkyl halides is 1. The van der Waals surface area contributed by atoms with Crippen LogP contribution in [0.25, 0.3) is 0 Å². The maximum absolute atomic E-state index is 11.3. The monoisotopic (exact) mass is 258 g/mol. The first-order valence-electron chi connectivity index (χ1n) is 5.45. The maximum Gasteiger partial charge on any atom is 0.318 e. The molecule has 0 aromatic carbocycles. The first kappa shape index (κ1) is 12.2. The highest BCUT2D eigenvalue weighted by atomic mass is 35.5. The zero-order valence-corrected chi connectivity index (χ0v) is 10.6. The minimum absolute atomic E-state index is 0.301.